The highest BCUT2D eigenvalue weighted by atomic mass is 16.6. The molecule has 0 bridgehead atoms. The van der Waals surface area contributed by atoms with Crippen molar-refractivity contribution in [3.63, 3.8) is 0 Å². The molecular weight excluding hydrogens is 352 g/mol. The van der Waals surface area contributed by atoms with Gasteiger partial charge in [0.2, 0.25) is 0 Å². The highest BCUT2D eigenvalue weighted by Crippen LogP contribution is 2.16. The van der Waals surface area contributed by atoms with Crippen molar-refractivity contribution >= 4 is 23.6 Å². The molecule has 2 rings (SSSR count). The quantitative estimate of drug-likeness (QED) is 0.331. The zero-order valence-corrected chi connectivity index (χ0v) is 14.6. The molecule has 0 aliphatic rings. The molecule has 0 atom stereocenters. The Morgan fingerprint density at radius 2 is 1.96 bits per heavy atom. The van der Waals surface area contributed by atoms with Crippen molar-refractivity contribution in [3.8, 4) is 5.75 Å². The molecule has 0 aliphatic carbocycles. The standard InChI is InChI=1S/C19H18N2O6/c1-26-17-8-3-2-6-15(17)12-20-18(22)13-27-19(23)10-9-14-5-4-7-16(11-14)21(24)25/h2-11H,12-13H2,1H3,(H,20,22)/b10-9+. The number of carbonyl (C=O) groups is 2. The van der Waals surface area contributed by atoms with Crippen LogP contribution in [-0.4, -0.2) is 30.5 Å². The number of amides is 1. The van der Waals surface area contributed by atoms with Crippen molar-refractivity contribution < 1.29 is 24.0 Å². The maximum atomic E-state index is 11.8. The van der Waals surface area contributed by atoms with E-state index < -0.39 is 23.4 Å². The highest BCUT2D eigenvalue weighted by molar-refractivity contribution is 5.89. The van der Waals surface area contributed by atoms with Gasteiger partial charge in [-0.15, -0.1) is 0 Å². The minimum Gasteiger partial charge on any atom is -0.496 e. The first-order valence-electron chi connectivity index (χ1n) is 7.97. The first-order chi connectivity index (χ1) is 13.0. The summed E-state index contributed by atoms with van der Waals surface area (Å²) in [7, 11) is 1.54. The number of nitro benzene ring substituents is 1. The SMILES string of the molecule is COc1ccccc1CNC(=O)COC(=O)/C=C/c1cccc([N+](=O)[O-])c1. The molecular formula is C19H18N2O6. The predicted octanol–water partition coefficient (Wildman–Crippen LogP) is 2.48. The molecule has 0 aromatic heterocycles. The van der Waals surface area contributed by atoms with Crippen LogP contribution in [0.4, 0.5) is 5.69 Å². The second-order valence-electron chi connectivity index (χ2n) is 5.38. The number of non-ortho nitro benzene ring substituents is 1. The van der Waals surface area contributed by atoms with Crippen LogP contribution in [-0.2, 0) is 20.9 Å². The topological polar surface area (TPSA) is 108 Å². The van der Waals surface area contributed by atoms with Gasteiger partial charge in [-0.3, -0.25) is 14.9 Å². The number of carbonyl (C=O) groups excluding carboxylic acids is 2. The van der Waals surface area contributed by atoms with E-state index in [9.17, 15) is 19.7 Å². The first-order valence-corrected chi connectivity index (χ1v) is 7.97. The maximum Gasteiger partial charge on any atom is 0.331 e. The summed E-state index contributed by atoms with van der Waals surface area (Å²) in [6.45, 7) is -0.197. The first kappa shape index (κ1) is 19.6. The van der Waals surface area contributed by atoms with E-state index in [1.807, 2.05) is 18.2 Å². The Balaban J connectivity index is 1.80. The molecule has 0 saturated heterocycles. The largest absolute Gasteiger partial charge is 0.496 e. The number of nitrogens with one attached hydrogen (secondary N) is 1. The normalized spacial score (nSPS) is 10.4. The highest BCUT2D eigenvalue weighted by Gasteiger charge is 2.08. The second kappa shape index (κ2) is 9.71. The van der Waals surface area contributed by atoms with Crippen molar-refractivity contribution in [3.05, 3.63) is 75.8 Å². The lowest BCUT2D eigenvalue weighted by molar-refractivity contribution is -0.384. The smallest absolute Gasteiger partial charge is 0.331 e. The lowest BCUT2D eigenvalue weighted by atomic mass is 10.2. The van der Waals surface area contributed by atoms with Crippen LogP contribution in [0.2, 0.25) is 0 Å². The lowest BCUT2D eigenvalue weighted by Crippen LogP contribution is -2.28. The lowest BCUT2D eigenvalue weighted by Gasteiger charge is -2.09. The van der Waals surface area contributed by atoms with Crippen LogP contribution in [0.5, 0.6) is 5.75 Å². The van der Waals surface area contributed by atoms with E-state index in [1.165, 1.54) is 31.4 Å². The molecule has 140 valence electrons. The molecule has 0 aliphatic heterocycles. The van der Waals surface area contributed by atoms with Crippen molar-refractivity contribution in [1.29, 1.82) is 0 Å². The van der Waals surface area contributed by atoms with Gasteiger partial charge in [-0.1, -0.05) is 30.3 Å². The third kappa shape index (κ3) is 6.28. The Hall–Kier alpha value is -3.68. The molecule has 27 heavy (non-hydrogen) atoms. The molecule has 0 spiro atoms. The summed E-state index contributed by atoms with van der Waals surface area (Å²) in [5, 5.41) is 13.3. The molecule has 0 radical (unpaired) electrons. The van der Waals surface area contributed by atoms with Crippen molar-refractivity contribution in [2.45, 2.75) is 6.54 Å². The number of hydrogen-bond donors (Lipinski definition) is 1. The summed E-state index contributed by atoms with van der Waals surface area (Å²) in [6.07, 6.45) is 2.48. The summed E-state index contributed by atoms with van der Waals surface area (Å²) in [5.41, 5.74) is 1.19. The molecule has 1 amide bonds. The Labute approximate surface area is 155 Å². The van der Waals surface area contributed by atoms with Gasteiger partial charge in [0.1, 0.15) is 5.75 Å². The number of nitro groups is 1. The Bertz CT molecular complexity index is 863. The van der Waals surface area contributed by atoms with Gasteiger partial charge in [0.15, 0.2) is 6.61 Å². The Kier molecular flexibility index (Phi) is 7.07. The van der Waals surface area contributed by atoms with Gasteiger partial charge < -0.3 is 14.8 Å². The number of hydrogen-bond acceptors (Lipinski definition) is 6. The average Bonchev–Trinajstić information content (AvgIpc) is 2.69. The molecule has 2 aromatic rings. The van der Waals surface area contributed by atoms with Gasteiger partial charge in [0, 0.05) is 30.3 Å². The zero-order valence-electron chi connectivity index (χ0n) is 14.6. The summed E-state index contributed by atoms with van der Waals surface area (Å²) in [4.78, 5) is 33.6. The number of esters is 1. The number of ether oxygens (including phenoxy) is 2. The summed E-state index contributed by atoms with van der Waals surface area (Å²) < 4.78 is 10.0. The van der Waals surface area contributed by atoms with E-state index >= 15 is 0 Å². The minimum absolute atomic E-state index is 0.0822. The Morgan fingerprint density at radius 1 is 1.19 bits per heavy atom. The van der Waals surface area contributed by atoms with E-state index in [4.69, 9.17) is 9.47 Å². The van der Waals surface area contributed by atoms with Crippen molar-refractivity contribution in [1.82, 2.24) is 5.32 Å². The van der Waals surface area contributed by atoms with E-state index in [0.29, 0.717) is 11.3 Å². The molecule has 0 unspecified atom stereocenters. The van der Waals surface area contributed by atoms with E-state index in [-0.39, 0.29) is 12.2 Å². The number of methoxy groups -OCH3 is 1. The maximum absolute atomic E-state index is 11.8. The Morgan fingerprint density at radius 3 is 2.70 bits per heavy atom. The van der Waals surface area contributed by atoms with Crippen LogP contribution in [0.3, 0.4) is 0 Å². The van der Waals surface area contributed by atoms with Crippen LogP contribution in [0.25, 0.3) is 6.08 Å². The zero-order chi connectivity index (χ0) is 19.6. The van der Waals surface area contributed by atoms with Crippen LogP contribution in [0.15, 0.2) is 54.6 Å². The van der Waals surface area contributed by atoms with Crippen molar-refractivity contribution in [2.24, 2.45) is 0 Å². The van der Waals surface area contributed by atoms with Crippen LogP contribution >= 0.6 is 0 Å². The summed E-state index contributed by atoms with van der Waals surface area (Å²) in [6, 6.07) is 13.0. The summed E-state index contributed by atoms with van der Waals surface area (Å²) >= 11 is 0. The molecule has 0 heterocycles. The van der Waals surface area contributed by atoms with E-state index in [2.05, 4.69) is 5.32 Å². The van der Waals surface area contributed by atoms with Gasteiger partial charge in [-0.25, -0.2) is 4.79 Å². The van der Waals surface area contributed by atoms with Gasteiger partial charge in [0.25, 0.3) is 11.6 Å². The second-order valence-corrected chi connectivity index (χ2v) is 5.38. The minimum atomic E-state index is -0.728. The molecule has 1 N–H and O–H groups in total. The van der Waals surface area contributed by atoms with Crippen molar-refractivity contribution in [2.75, 3.05) is 13.7 Å². The number of para-hydroxylation sites is 1. The fourth-order valence-electron chi connectivity index (χ4n) is 2.18. The third-order valence-electron chi connectivity index (χ3n) is 3.51. The molecule has 2 aromatic carbocycles. The number of rotatable bonds is 8. The van der Waals surface area contributed by atoms with Crippen LogP contribution in [0, 0.1) is 10.1 Å². The average molecular weight is 370 g/mol. The molecule has 8 heteroatoms. The van der Waals surface area contributed by atoms with Crippen LogP contribution in [0.1, 0.15) is 11.1 Å². The van der Waals surface area contributed by atoms with Crippen LogP contribution < -0.4 is 10.1 Å². The molecule has 0 fully saturated rings. The molecule has 8 nitrogen and oxygen atoms in total. The summed E-state index contributed by atoms with van der Waals surface area (Å²) in [5.74, 6) is -0.540. The fraction of sp³-hybridized carbons (Fsp3) is 0.158. The van der Waals surface area contributed by atoms with E-state index in [0.717, 1.165) is 11.6 Å². The number of benzene rings is 2. The van der Waals surface area contributed by atoms with E-state index in [1.54, 1.807) is 12.1 Å². The van der Waals surface area contributed by atoms with Gasteiger partial charge in [-0.05, 0) is 17.7 Å². The monoisotopic (exact) mass is 370 g/mol. The third-order valence-corrected chi connectivity index (χ3v) is 3.51. The fourth-order valence-corrected chi connectivity index (χ4v) is 2.18. The molecule has 0 saturated carbocycles. The number of nitrogens with zero attached hydrogens (tertiary/aromatic N) is 1. The predicted molar refractivity (Wildman–Crippen MR) is 97.9 cm³/mol. The van der Waals surface area contributed by atoms with Gasteiger partial charge >= 0.3 is 5.97 Å². The van der Waals surface area contributed by atoms with Gasteiger partial charge in [0.05, 0.1) is 12.0 Å². The van der Waals surface area contributed by atoms with Gasteiger partial charge in [-0.2, -0.15) is 0 Å².